The molecule has 1 rings (SSSR count). The molecule has 1 unspecified atom stereocenters. The highest BCUT2D eigenvalue weighted by atomic mass is 16.2. The highest BCUT2D eigenvalue weighted by molar-refractivity contribution is 5.83. The van der Waals surface area contributed by atoms with E-state index in [0.717, 1.165) is 18.7 Å². The Kier molecular flexibility index (Phi) is 5.16. The van der Waals surface area contributed by atoms with Gasteiger partial charge in [-0.15, -0.1) is 0 Å². The third-order valence-corrected chi connectivity index (χ3v) is 2.94. The van der Waals surface area contributed by atoms with E-state index in [0.29, 0.717) is 0 Å². The fourth-order valence-electron chi connectivity index (χ4n) is 2.01. The largest absolute Gasteiger partial charge is 0.342 e. The summed E-state index contributed by atoms with van der Waals surface area (Å²) in [4.78, 5) is 16.3. The Labute approximate surface area is 104 Å². The molecule has 0 N–H and O–H groups in total. The van der Waals surface area contributed by atoms with E-state index in [-0.39, 0.29) is 11.9 Å². The minimum Gasteiger partial charge on any atom is -0.342 e. The van der Waals surface area contributed by atoms with Gasteiger partial charge in [0.15, 0.2) is 0 Å². The monoisotopic (exact) mass is 234 g/mol. The van der Waals surface area contributed by atoms with E-state index in [1.54, 1.807) is 0 Å². The van der Waals surface area contributed by atoms with Gasteiger partial charge in [-0.05, 0) is 33.5 Å². The molecule has 1 aromatic rings. The van der Waals surface area contributed by atoms with Crippen LogP contribution in [0, 0.1) is 0 Å². The molecule has 0 aromatic heterocycles. The van der Waals surface area contributed by atoms with Crippen LogP contribution in [0.4, 0.5) is 0 Å². The van der Waals surface area contributed by atoms with E-state index in [4.69, 9.17) is 0 Å². The first-order valence-electron chi connectivity index (χ1n) is 6.12. The molecule has 0 bridgehead atoms. The Balaban J connectivity index is 2.98. The number of carbonyl (C=O) groups excluding carboxylic acids is 1. The standard InChI is InChI=1S/C14H22N2O/c1-5-16(6-2)14(17)13(15(3)4)12-10-8-7-9-11-12/h7-11,13H,5-6H2,1-4H3. The van der Waals surface area contributed by atoms with Crippen molar-refractivity contribution in [3.63, 3.8) is 0 Å². The molecule has 0 heterocycles. The molecule has 0 aliphatic carbocycles. The number of hydrogen-bond donors (Lipinski definition) is 0. The third-order valence-electron chi connectivity index (χ3n) is 2.94. The second-order valence-corrected chi connectivity index (χ2v) is 4.29. The molecule has 3 heteroatoms. The summed E-state index contributed by atoms with van der Waals surface area (Å²) in [6.45, 7) is 5.54. The third kappa shape index (κ3) is 3.30. The average Bonchev–Trinajstić information content (AvgIpc) is 2.31. The molecular formula is C14H22N2O. The van der Waals surface area contributed by atoms with Crippen molar-refractivity contribution in [2.45, 2.75) is 19.9 Å². The highest BCUT2D eigenvalue weighted by Gasteiger charge is 2.25. The molecule has 0 radical (unpaired) electrons. The van der Waals surface area contributed by atoms with Crippen molar-refractivity contribution in [2.24, 2.45) is 0 Å². The van der Waals surface area contributed by atoms with Gasteiger partial charge in [0.2, 0.25) is 5.91 Å². The summed E-state index contributed by atoms with van der Waals surface area (Å²) in [6.07, 6.45) is 0. The van der Waals surface area contributed by atoms with E-state index in [9.17, 15) is 4.79 Å². The lowest BCUT2D eigenvalue weighted by Gasteiger charge is -2.29. The lowest BCUT2D eigenvalue weighted by atomic mass is 10.0. The minimum absolute atomic E-state index is 0.172. The zero-order valence-corrected chi connectivity index (χ0v) is 11.2. The zero-order chi connectivity index (χ0) is 12.8. The van der Waals surface area contributed by atoms with Crippen LogP contribution in [0.5, 0.6) is 0 Å². The molecule has 1 atom stereocenters. The van der Waals surface area contributed by atoms with Gasteiger partial charge in [-0.2, -0.15) is 0 Å². The Morgan fingerprint density at radius 3 is 2.06 bits per heavy atom. The van der Waals surface area contributed by atoms with Crippen molar-refractivity contribution in [2.75, 3.05) is 27.2 Å². The molecule has 0 aliphatic heterocycles. The predicted octanol–water partition coefficient (Wildman–Crippen LogP) is 2.16. The minimum atomic E-state index is -0.184. The molecule has 0 fully saturated rings. The summed E-state index contributed by atoms with van der Waals surface area (Å²) >= 11 is 0. The Morgan fingerprint density at radius 2 is 1.65 bits per heavy atom. The summed E-state index contributed by atoms with van der Waals surface area (Å²) in [5.41, 5.74) is 1.05. The van der Waals surface area contributed by atoms with Crippen LogP contribution in [-0.2, 0) is 4.79 Å². The maximum absolute atomic E-state index is 12.4. The smallest absolute Gasteiger partial charge is 0.244 e. The van der Waals surface area contributed by atoms with E-state index >= 15 is 0 Å². The van der Waals surface area contributed by atoms with Crippen LogP contribution in [0.1, 0.15) is 25.5 Å². The van der Waals surface area contributed by atoms with E-state index in [1.165, 1.54) is 0 Å². The maximum Gasteiger partial charge on any atom is 0.244 e. The first kappa shape index (κ1) is 13.7. The van der Waals surface area contributed by atoms with Crippen molar-refractivity contribution < 1.29 is 4.79 Å². The molecule has 1 amide bonds. The number of carbonyl (C=O) groups is 1. The van der Waals surface area contributed by atoms with Crippen molar-refractivity contribution in [1.29, 1.82) is 0 Å². The first-order chi connectivity index (χ1) is 8.11. The van der Waals surface area contributed by atoms with E-state index in [1.807, 2.05) is 68.1 Å². The number of nitrogens with zero attached hydrogens (tertiary/aromatic N) is 2. The van der Waals surface area contributed by atoms with Gasteiger partial charge in [0.05, 0.1) is 0 Å². The normalized spacial score (nSPS) is 12.5. The lowest BCUT2D eigenvalue weighted by molar-refractivity contribution is -0.135. The quantitative estimate of drug-likeness (QED) is 0.779. The topological polar surface area (TPSA) is 23.6 Å². The van der Waals surface area contributed by atoms with E-state index < -0.39 is 0 Å². The number of amides is 1. The molecule has 1 aromatic carbocycles. The number of benzene rings is 1. The van der Waals surface area contributed by atoms with Gasteiger partial charge in [0.25, 0.3) is 0 Å². The Bertz CT molecular complexity index is 344. The maximum atomic E-state index is 12.4. The lowest BCUT2D eigenvalue weighted by Crippen LogP contribution is -2.40. The van der Waals surface area contributed by atoms with Gasteiger partial charge in [0.1, 0.15) is 6.04 Å². The van der Waals surface area contributed by atoms with Crippen molar-refractivity contribution in [3.05, 3.63) is 35.9 Å². The summed E-state index contributed by atoms with van der Waals surface area (Å²) in [7, 11) is 3.89. The molecule has 0 spiro atoms. The summed E-state index contributed by atoms with van der Waals surface area (Å²) < 4.78 is 0. The van der Waals surface area contributed by atoms with Crippen LogP contribution < -0.4 is 0 Å². The molecule has 0 saturated carbocycles. The average molecular weight is 234 g/mol. The van der Waals surface area contributed by atoms with Crippen LogP contribution in [0.3, 0.4) is 0 Å². The molecule has 17 heavy (non-hydrogen) atoms. The highest BCUT2D eigenvalue weighted by Crippen LogP contribution is 2.20. The van der Waals surface area contributed by atoms with Gasteiger partial charge in [-0.3, -0.25) is 9.69 Å². The molecule has 0 aliphatic rings. The zero-order valence-electron chi connectivity index (χ0n) is 11.2. The van der Waals surface area contributed by atoms with Crippen LogP contribution in [0.15, 0.2) is 30.3 Å². The summed E-state index contributed by atoms with van der Waals surface area (Å²) in [5, 5.41) is 0. The van der Waals surface area contributed by atoms with E-state index in [2.05, 4.69) is 0 Å². The van der Waals surface area contributed by atoms with Crippen molar-refractivity contribution in [1.82, 2.24) is 9.80 Å². The molecule has 0 saturated heterocycles. The second kappa shape index (κ2) is 6.40. The predicted molar refractivity (Wildman–Crippen MR) is 70.8 cm³/mol. The van der Waals surface area contributed by atoms with Crippen LogP contribution >= 0.6 is 0 Å². The van der Waals surface area contributed by atoms with Gasteiger partial charge in [-0.25, -0.2) is 0 Å². The van der Waals surface area contributed by atoms with Crippen LogP contribution in [0.25, 0.3) is 0 Å². The van der Waals surface area contributed by atoms with Crippen LogP contribution in [-0.4, -0.2) is 42.9 Å². The van der Waals surface area contributed by atoms with Gasteiger partial charge >= 0.3 is 0 Å². The molecule has 3 nitrogen and oxygen atoms in total. The van der Waals surface area contributed by atoms with Crippen molar-refractivity contribution >= 4 is 5.91 Å². The summed E-state index contributed by atoms with van der Waals surface area (Å²) in [6, 6.07) is 9.75. The second-order valence-electron chi connectivity index (χ2n) is 4.29. The van der Waals surface area contributed by atoms with Gasteiger partial charge in [0, 0.05) is 13.1 Å². The van der Waals surface area contributed by atoms with Gasteiger partial charge < -0.3 is 4.90 Å². The first-order valence-corrected chi connectivity index (χ1v) is 6.12. The number of likely N-dealkylation sites (N-methyl/N-ethyl adjacent to an activating group) is 2. The SMILES string of the molecule is CCN(CC)C(=O)C(c1ccccc1)N(C)C. The summed E-state index contributed by atoms with van der Waals surface area (Å²) in [5.74, 6) is 0.172. The van der Waals surface area contributed by atoms with Gasteiger partial charge in [-0.1, -0.05) is 30.3 Å². The Hall–Kier alpha value is -1.35. The molecular weight excluding hydrogens is 212 g/mol. The molecule has 94 valence electrons. The fraction of sp³-hybridized carbons (Fsp3) is 0.500. The Morgan fingerprint density at radius 1 is 1.12 bits per heavy atom. The number of hydrogen-bond acceptors (Lipinski definition) is 2. The number of rotatable bonds is 5. The fourth-order valence-corrected chi connectivity index (χ4v) is 2.01. The van der Waals surface area contributed by atoms with Crippen molar-refractivity contribution in [3.8, 4) is 0 Å². The van der Waals surface area contributed by atoms with Crippen LogP contribution in [0.2, 0.25) is 0 Å².